The highest BCUT2D eigenvalue weighted by Crippen LogP contribution is 2.29. The molecule has 0 saturated carbocycles. The average Bonchev–Trinajstić information content (AvgIpc) is 2.79. The molecule has 20 heavy (non-hydrogen) atoms. The standard InChI is InChI=1S/C14H22N2O2S2/c1-11(2)15-10-13-12(3)9-14(19-13)20(17,18)16-7-5-4-6-8-16/h4-5,9,11,15H,6-8,10H2,1-3H3. The normalized spacial score (nSPS) is 17.0. The van der Waals surface area contributed by atoms with Crippen molar-refractivity contribution < 1.29 is 8.42 Å². The average molecular weight is 314 g/mol. The number of nitrogens with one attached hydrogen (secondary N) is 1. The molecule has 6 heteroatoms. The molecule has 0 atom stereocenters. The predicted octanol–water partition coefficient (Wildman–Crippen LogP) is 2.51. The topological polar surface area (TPSA) is 49.4 Å². The van der Waals surface area contributed by atoms with Crippen LogP contribution in [0.4, 0.5) is 0 Å². The lowest BCUT2D eigenvalue weighted by atomic mass is 10.3. The summed E-state index contributed by atoms with van der Waals surface area (Å²) >= 11 is 1.39. The zero-order valence-electron chi connectivity index (χ0n) is 12.2. The van der Waals surface area contributed by atoms with Gasteiger partial charge in [-0.3, -0.25) is 0 Å². The lowest BCUT2D eigenvalue weighted by molar-refractivity contribution is 0.439. The third-order valence-corrected chi connectivity index (χ3v) is 6.84. The molecule has 1 N–H and O–H groups in total. The van der Waals surface area contributed by atoms with Gasteiger partial charge in [0.15, 0.2) is 0 Å². The first-order valence-corrected chi connectivity index (χ1v) is 9.14. The van der Waals surface area contributed by atoms with Gasteiger partial charge in [0.1, 0.15) is 4.21 Å². The Kier molecular flexibility index (Phi) is 5.01. The number of sulfonamides is 1. The number of hydrogen-bond acceptors (Lipinski definition) is 4. The molecule has 1 aliphatic rings. The molecule has 0 spiro atoms. The Morgan fingerprint density at radius 1 is 1.40 bits per heavy atom. The van der Waals surface area contributed by atoms with Gasteiger partial charge in [-0.25, -0.2) is 8.42 Å². The van der Waals surface area contributed by atoms with Gasteiger partial charge in [-0.2, -0.15) is 4.31 Å². The summed E-state index contributed by atoms with van der Waals surface area (Å²) in [5.41, 5.74) is 1.05. The third-order valence-electron chi connectivity index (χ3n) is 3.28. The summed E-state index contributed by atoms with van der Waals surface area (Å²) in [6.45, 7) is 7.93. The van der Waals surface area contributed by atoms with Gasteiger partial charge in [-0.1, -0.05) is 26.0 Å². The molecular formula is C14H22N2O2S2. The lowest BCUT2D eigenvalue weighted by Crippen LogP contribution is -2.33. The van der Waals surface area contributed by atoms with Crippen molar-refractivity contribution in [2.24, 2.45) is 0 Å². The summed E-state index contributed by atoms with van der Waals surface area (Å²) in [7, 11) is -3.33. The Labute approximate surface area is 125 Å². The molecular weight excluding hydrogens is 292 g/mol. The molecule has 0 aromatic carbocycles. The first-order valence-electron chi connectivity index (χ1n) is 6.89. The minimum Gasteiger partial charge on any atom is -0.310 e. The lowest BCUT2D eigenvalue weighted by Gasteiger charge is -2.21. The van der Waals surface area contributed by atoms with Crippen molar-refractivity contribution in [2.75, 3.05) is 13.1 Å². The highest BCUT2D eigenvalue weighted by Gasteiger charge is 2.26. The molecule has 4 nitrogen and oxygen atoms in total. The van der Waals surface area contributed by atoms with Crippen molar-refractivity contribution in [3.63, 3.8) is 0 Å². The van der Waals surface area contributed by atoms with E-state index < -0.39 is 10.0 Å². The predicted molar refractivity (Wildman–Crippen MR) is 83.5 cm³/mol. The summed E-state index contributed by atoms with van der Waals surface area (Å²) in [5.74, 6) is 0. The van der Waals surface area contributed by atoms with Crippen LogP contribution in [0.3, 0.4) is 0 Å². The van der Waals surface area contributed by atoms with Gasteiger partial charge in [-0.05, 0) is 25.0 Å². The second-order valence-electron chi connectivity index (χ2n) is 5.33. The van der Waals surface area contributed by atoms with E-state index in [2.05, 4.69) is 19.2 Å². The molecule has 0 saturated heterocycles. The monoisotopic (exact) mass is 314 g/mol. The van der Waals surface area contributed by atoms with Crippen LogP contribution in [-0.2, 0) is 16.6 Å². The number of nitrogens with zero attached hydrogens (tertiary/aromatic N) is 1. The summed E-state index contributed by atoms with van der Waals surface area (Å²) in [6.07, 6.45) is 4.75. The van der Waals surface area contributed by atoms with E-state index in [1.165, 1.54) is 11.3 Å². The van der Waals surface area contributed by atoms with Gasteiger partial charge in [0.05, 0.1) is 0 Å². The van der Waals surface area contributed by atoms with E-state index in [9.17, 15) is 8.42 Å². The maximum atomic E-state index is 12.6. The first-order chi connectivity index (χ1) is 9.41. The van der Waals surface area contributed by atoms with Crippen LogP contribution in [0, 0.1) is 6.92 Å². The molecule has 1 aromatic rings. The Bertz CT molecular complexity index is 588. The SMILES string of the molecule is Cc1cc(S(=O)(=O)N2CC=CCC2)sc1CNC(C)C. The van der Waals surface area contributed by atoms with Gasteiger partial charge in [-0.15, -0.1) is 11.3 Å². The van der Waals surface area contributed by atoms with E-state index in [4.69, 9.17) is 0 Å². The van der Waals surface area contributed by atoms with Crippen molar-refractivity contribution in [1.82, 2.24) is 9.62 Å². The molecule has 0 amide bonds. The van der Waals surface area contributed by atoms with E-state index in [1.54, 1.807) is 10.4 Å². The van der Waals surface area contributed by atoms with Crippen molar-refractivity contribution in [3.8, 4) is 0 Å². The fraction of sp³-hybridized carbons (Fsp3) is 0.571. The highest BCUT2D eigenvalue weighted by atomic mass is 32.2. The summed E-state index contributed by atoms with van der Waals surface area (Å²) in [6, 6.07) is 2.19. The fourth-order valence-corrected chi connectivity index (χ4v) is 5.15. The van der Waals surface area contributed by atoms with Crippen LogP contribution in [0.1, 0.15) is 30.7 Å². The quantitative estimate of drug-likeness (QED) is 0.850. The van der Waals surface area contributed by atoms with Crippen molar-refractivity contribution >= 4 is 21.4 Å². The van der Waals surface area contributed by atoms with Crippen molar-refractivity contribution in [1.29, 1.82) is 0 Å². The van der Waals surface area contributed by atoms with E-state index in [-0.39, 0.29) is 0 Å². The van der Waals surface area contributed by atoms with Crippen LogP contribution in [0.2, 0.25) is 0 Å². The molecule has 2 heterocycles. The summed E-state index contributed by atoms with van der Waals surface area (Å²) in [5, 5.41) is 3.34. The van der Waals surface area contributed by atoms with Gasteiger partial charge in [0.2, 0.25) is 0 Å². The van der Waals surface area contributed by atoms with E-state index in [1.807, 2.05) is 19.1 Å². The van der Waals surface area contributed by atoms with Crippen LogP contribution >= 0.6 is 11.3 Å². The van der Waals surface area contributed by atoms with Crippen LogP contribution in [0.25, 0.3) is 0 Å². The van der Waals surface area contributed by atoms with E-state index >= 15 is 0 Å². The Morgan fingerprint density at radius 3 is 2.75 bits per heavy atom. The number of rotatable bonds is 5. The fourth-order valence-electron chi connectivity index (χ4n) is 2.05. The molecule has 0 unspecified atom stereocenters. The third kappa shape index (κ3) is 3.49. The van der Waals surface area contributed by atoms with Gasteiger partial charge in [0.25, 0.3) is 10.0 Å². The second kappa shape index (κ2) is 6.39. The zero-order chi connectivity index (χ0) is 14.8. The Morgan fingerprint density at radius 2 is 2.15 bits per heavy atom. The Hall–Kier alpha value is -0.690. The summed E-state index contributed by atoms with van der Waals surface area (Å²) in [4.78, 5) is 1.10. The van der Waals surface area contributed by atoms with E-state index in [0.29, 0.717) is 23.3 Å². The van der Waals surface area contributed by atoms with Crippen molar-refractivity contribution in [3.05, 3.63) is 28.7 Å². The number of aryl methyl sites for hydroxylation is 1. The smallest absolute Gasteiger partial charge is 0.252 e. The number of thiophene rings is 1. The van der Waals surface area contributed by atoms with E-state index in [0.717, 1.165) is 23.4 Å². The Balaban J connectivity index is 2.20. The second-order valence-corrected chi connectivity index (χ2v) is 8.63. The van der Waals surface area contributed by atoms with Crippen LogP contribution in [0.5, 0.6) is 0 Å². The minimum atomic E-state index is -3.33. The largest absolute Gasteiger partial charge is 0.310 e. The van der Waals surface area contributed by atoms with Crippen LogP contribution in [0.15, 0.2) is 22.4 Å². The van der Waals surface area contributed by atoms with Gasteiger partial charge >= 0.3 is 0 Å². The molecule has 0 bridgehead atoms. The van der Waals surface area contributed by atoms with Crippen molar-refractivity contribution in [2.45, 2.75) is 44.0 Å². The minimum absolute atomic E-state index is 0.392. The molecule has 2 rings (SSSR count). The van der Waals surface area contributed by atoms with Crippen LogP contribution in [-0.4, -0.2) is 31.9 Å². The molecule has 0 aliphatic carbocycles. The molecule has 1 aliphatic heterocycles. The highest BCUT2D eigenvalue weighted by molar-refractivity contribution is 7.91. The number of hydrogen-bond donors (Lipinski definition) is 1. The molecule has 112 valence electrons. The zero-order valence-corrected chi connectivity index (χ0v) is 13.9. The summed E-state index contributed by atoms with van der Waals surface area (Å²) < 4.78 is 27.2. The maximum Gasteiger partial charge on any atom is 0.252 e. The maximum absolute atomic E-state index is 12.6. The van der Waals surface area contributed by atoms with Gasteiger partial charge in [0, 0.05) is 30.6 Å². The van der Waals surface area contributed by atoms with Crippen LogP contribution < -0.4 is 5.32 Å². The molecule has 0 fully saturated rings. The van der Waals surface area contributed by atoms with Gasteiger partial charge < -0.3 is 5.32 Å². The molecule has 1 aromatic heterocycles. The first kappa shape index (κ1) is 15.7. The molecule has 0 radical (unpaired) electrons.